The third-order valence-electron chi connectivity index (χ3n) is 4.49. The summed E-state index contributed by atoms with van der Waals surface area (Å²) in [5.41, 5.74) is -6.76. The Kier molecular flexibility index (Phi) is 6.30. The maximum absolute atomic E-state index is 14.1. The van der Waals surface area contributed by atoms with Crippen LogP contribution in [0.3, 0.4) is 0 Å². The largest absolute Gasteiger partial charge is 0.437 e. The van der Waals surface area contributed by atoms with E-state index in [0.29, 0.717) is 23.6 Å². The maximum atomic E-state index is 14.1. The lowest BCUT2D eigenvalue weighted by atomic mass is 9.93. The van der Waals surface area contributed by atoms with E-state index in [1.807, 2.05) is 0 Å². The Morgan fingerprint density at radius 1 is 0.879 bits per heavy atom. The Hall–Kier alpha value is -3.70. The van der Waals surface area contributed by atoms with Crippen LogP contribution in [0.15, 0.2) is 60.9 Å². The van der Waals surface area contributed by atoms with E-state index in [-0.39, 0.29) is 29.3 Å². The monoisotopic (exact) mass is 473 g/mol. The van der Waals surface area contributed by atoms with Crippen molar-refractivity contribution in [3.05, 3.63) is 77.7 Å². The van der Waals surface area contributed by atoms with Crippen molar-refractivity contribution in [3.63, 3.8) is 0 Å². The molecule has 3 rings (SSSR count). The van der Waals surface area contributed by atoms with Crippen molar-refractivity contribution in [2.24, 2.45) is 0 Å². The molecule has 12 heteroatoms. The zero-order valence-electron chi connectivity index (χ0n) is 16.6. The quantitative estimate of drug-likeness (QED) is 0.454. The van der Waals surface area contributed by atoms with E-state index in [1.54, 1.807) is 25.3 Å². The van der Waals surface area contributed by atoms with Gasteiger partial charge < -0.3 is 10.1 Å². The zero-order valence-corrected chi connectivity index (χ0v) is 16.6. The molecule has 2 aromatic heterocycles. The lowest BCUT2D eigenvalue weighted by Gasteiger charge is -2.30. The molecule has 0 aliphatic rings. The van der Waals surface area contributed by atoms with Crippen molar-refractivity contribution < 1.29 is 40.3 Å². The van der Waals surface area contributed by atoms with E-state index in [4.69, 9.17) is 4.74 Å². The molecule has 2 heterocycles. The summed E-state index contributed by atoms with van der Waals surface area (Å²) >= 11 is 0. The van der Waals surface area contributed by atoms with Crippen molar-refractivity contribution in [3.8, 4) is 11.6 Å². The summed E-state index contributed by atoms with van der Waals surface area (Å²) in [6.07, 6.45) is -9.66. The third kappa shape index (κ3) is 4.89. The molecule has 1 N–H and O–H groups in total. The molecule has 0 aliphatic carbocycles. The number of ether oxygens (including phenoxy) is 1. The van der Waals surface area contributed by atoms with Gasteiger partial charge in [0.25, 0.3) is 5.91 Å². The number of aromatic nitrogens is 2. The molecule has 0 aliphatic heterocycles. The van der Waals surface area contributed by atoms with Gasteiger partial charge >= 0.3 is 18.0 Å². The predicted molar refractivity (Wildman–Crippen MR) is 103 cm³/mol. The number of benzene rings is 1. The van der Waals surface area contributed by atoms with Crippen LogP contribution in [0.2, 0.25) is 0 Å². The van der Waals surface area contributed by atoms with Gasteiger partial charge in [-0.2, -0.15) is 26.3 Å². The average molecular weight is 473 g/mol. The maximum Gasteiger partial charge on any atom is 0.435 e. The number of carbonyl (C=O) groups is 1. The lowest BCUT2D eigenvalue weighted by Crippen LogP contribution is -2.50. The Balaban J connectivity index is 1.73. The number of halogens is 7. The molecule has 0 atom stereocenters. The minimum absolute atomic E-state index is 0.171. The van der Waals surface area contributed by atoms with Gasteiger partial charge in [-0.3, -0.25) is 9.78 Å². The fourth-order valence-corrected chi connectivity index (χ4v) is 2.75. The van der Waals surface area contributed by atoms with E-state index >= 15 is 0 Å². The second-order valence-corrected chi connectivity index (χ2v) is 6.76. The molecular formula is C21H14F7N3O2. The predicted octanol–water partition coefficient (Wildman–Crippen LogP) is 6.12. The molecule has 33 heavy (non-hydrogen) atoms. The van der Waals surface area contributed by atoms with Gasteiger partial charge in [-0.1, -0.05) is 12.1 Å². The normalized spacial score (nSPS) is 12.4. The number of nitrogens with zero attached hydrogens (tertiary/aromatic N) is 2. The molecule has 3 aromatic rings. The number of carbonyl (C=O) groups excluding carboxylic acids is 1. The molecule has 1 amide bonds. The van der Waals surface area contributed by atoms with Crippen LogP contribution in [0.25, 0.3) is 0 Å². The highest BCUT2D eigenvalue weighted by Crippen LogP contribution is 2.53. The average Bonchev–Trinajstić information content (AvgIpc) is 2.74. The van der Waals surface area contributed by atoms with Gasteiger partial charge in [0.2, 0.25) is 5.88 Å². The molecule has 0 bridgehead atoms. The second-order valence-electron chi connectivity index (χ2n) is 6.76. The van der Waals surface area contributed by atoms with Gasteiger partial charge in [-0.05, 0) is 37.3 Å². The van der Waals surface area contributed by atoms with Crippen molar-refractivity contribution >= 4 is 11.6 Å². The molecule has 5 nitrogen and oxygen atoms in total. The Morgan fingerprint density at radius 3 is 2.03 bits per heavy atom. The number of amides is 1. The SMILES string of the molecule is Cc1ncccc1Oc1ccc(NC(=O)c2ccc(C(F)(C(F)(F)F)C(F)(F)F)cc2)cn1. The highest BCUT2D eigenvalue weighted by atomic mass is 19.4. The fourth-order valence-electron chi connectivity index (χ4n) is 2.75. The van der Waals surface area contributed by atoms with E-state index in [1.165, 1.54) is 18.3 Å². The number of alkyl halides is 7. The summed E-state index contributed by atoms with van der Waals surface area (Å²) in [6, 6.07) is 8.03. The Morgan fingerprint density at radius 2 is 1.52 bits per heavy atom. The van der Waals surface area contributed by atoms with Gasteiger partial charge in [-0.25, -0.2) is 9.37 Å². The van der Waals surface area contributed by atoms with E-state index in [2.05, 4.69) is 15.3 Å². The zero-order chi connectivity index (χ0) is 24.4. The number of rotatable bonds is 5. The number of nitrogens with one attached hydrogen (secondary N) is 1. The summed E-state index contributed by atoms with van der Waals surface area (Å²) < 4.78 is 96.6. The van der Waals surface area contributed by atoms with Crippen LogP contribution >= 0.6 is 0 Å². The summed E-state index contributed by atoms with van der Waals surface area (Å²) in [5, 5.41) is 2.37. The topological polar surface area (TPSA) is 64.1 Å². The second kappa shape index (κ2) is 8.68. The highest BCUT2D eigenvalue weighted by Gasteiger charge is 2.73. The van der Waals surface area contributed by atoms with Gasteiger partial charge in [0.05, 0.1) is 17.6 Å². The molecule has 1 aromatic carbocycles. The first-order valence-corrected chi connectivity index (χ1v) is 9.12. The smallest absolute Gasteiger partial charge is 0.435 e. The summed E-state index contributed by atoms with van der Waals surface area (Å²) in [4.78, 5) is 20.3. The molecule has 174 valence electrons. The summed E-state index contributed by atoms with van der Waals surface area (Å²) in [6.45, 7) is 1.73. The molecule has 0 radical (unpaired) electrons. The fraction of sp³-hybridized carbons (Fsp3) is 0.190. The van der Waals surface area contributed by atoms with Gasteiger partial charge in [0, 0.05) is 23.4 Å². The standard InChI is InChI=1S/C21H14F7N3O2/c1-12-16(3-2-10-29-12)33-17-9-8-15(11-30-17)31-18(32)13-4-6-14(7-5-13)19(22,20(23,24)25)21(26,27)28/h2-11H,1H3,(H,31,32). The number of pyridine rings is 2. The molecule has 0 unspecified atom stereocenters. The molecule has 0 spiro atoms. The number of anilines is 1. The lowest BCUT2D eigenvalue weighted by molar-refractivity contribution is -0.348. The number of hydrogen-bond donors (Lipinski definition) is 1. The van der Waals surface area contributed by atoms with Crippen molar-refractivity contribution in [1.29, 1.82) is 0 Å². The summed E-state index contributed by atoms with van der Waals surface area (Å²) in [7, 11) is 0. The first-order chi connectivity index (χ1) is 15.3. The first kappa shape index (κ1) is 24.0. The third-order valence-corrected chi connectivity index (χ3v) is 4.49. The van der Waals surface area contributed by atoms with Gasteiger partial charge in [-0.15, -0.1) is 0 Å². The van der Waals surface area contributed by atoms with Gasteiger partial charge in [0.15, 0.2) is 5.75 Å². The van der Waals surface area contributed by atoms with Crippen LogP contribution in [-0.2, 0) is 5.67 Å². The number of aryl methyl sites for hydroxylation is 1. The first-order valence-electron chi connectivity index (χ1n) is 9.12. The molecule has 0 saturated heterocycles. The van der Waals surface area contributed by atoms with Crippen LogP contribution < -0.4 is 10.1 Å². The van der Waals surface area contributed by atoms with Crippen molar-refractivity contribution in [1.82, 2.24) is 9.97 Å². The Bertz CT molecular complexity index is 1110. The molecule has 0 saturated carbocycles. The van der Waals surface area contributed by atoms with Crippen LogP contribution in [0.4, 0.5) is 36.4 Å². The van der Waals surface area contributed by atoms with Crippen LogP contribution in [0.5, 0.6) is 11.6 Å². The highest BCUT2D eigenvalue weighted by molar-refractivity contribution is 6.04. The molecule has 0 fully saturated rings. The summed E-state index contributed by atoms with van der Waals surface area (Å²) in [5.74, 6) is -0.209. The van der Waals surface area contributed by atoms with Gasteiger partial charge in [0.1, 0.15) is 0 Å². The number of hydrogen-bond acceptors (Lipinski definition) is 4. The van der Waals surface area contributed by atoms with E-state index in [9.17, 15) is 35.5 Å². The van der Waals surface area contributed by atoms with Crippen LogP contribution in [0, 0.1) is 6.92 Å². The van der Waals surface area contributed by atoms with Crippen LogP contribution in [0.1, 0.15) is 21.6 Å². The van der Waals surface area contributed by atoms with Crippen LogP contribution in [-0.4, -0.2) is 28.2 Å². The minimum Gasteiger partial charge on any atom is -0.437 e. The van der Waals surface area contributed by atoms with Crippen molar-refractivity contribution in [2.45, 2.75) is 24.9 Å². The molecular weight excluding hydrogens is 459 g/mol. The Labute approximate surface area is 182 Å². The van der Waals surface area contributed by atoms with E-state index in [0.717, 1.165) is 0 Å². The van der Waals surface area contributed by atoms with E-state index < -0.39 is 29.5 Å². The van der Waals surface area contributed by atoms with Crippen molar-refractivity contribution in [2.75, 3.05) is 5.32 Å². The minimum atomic E-state index is -6.24.